The van der Waals surface area contributed by atoms with Gasteiger partial charge in [-0.15, -0.1) is 11.3 Å². The molecule has 33 heavy (non-hydrogen) atoms. The Morgan fingerprint density at radius 1 is 1.12 bits per heavy atom. The van der Waals surface area contributed by atoms with Crippen LogP contribution < -0.4 is 10.6 Å². The molecule has 0 spiro atoms. The molecule has 2 aromatic rings. The molecule has 176 valence electrons. The third-order valence-corrected chi connectivity index (χ3v) is 7.76. The molecule has 0 bridgehead atoms. The van der Waals surface area contributed by atoms with Crippen molar-refractivity contribution < 1.29 is 24.2 Å². The summed E-state index contributed by atoms with van der Waals surface area (Å²) in [5.74, 6) is -0.449. The molecule has 3 N–H and O–H groups in total. The van der Waals surface area contributed by atoms with Gasteiger partial charge in [0.1, 0.15) is 12.2 Å². The molecule has 2 aromatic heterocycles. The summed E-state index contributed by atoms with van der Waals surface area (Å²) >= 11 is 1.62. The van der Waals surface area contributed by atoms with Gasteiger partial charge in [-0.25, -0.2) is 9.97 Å². The molecule has 3 fully saturated rings. The van der Waals surface area contributed by atoms with Gasteiger partial charge in [-0.3, -0.25) is 9.59 Å². The van der Waals surface area contributed by atoms with Crippen LogP contribution in [0.4, 0.5) is 5.95 Å². The van der Waals surface area contributed by atoms with Crippen molar-refractivity contribution in [2.75, 3.05) is 18.5 Å². The summed E-state index contributed by atoms with van der Waals surface area (Å²) in [5, 5.41) is 17.7. The van der Waals surface area contributed by atoms with Gasteiger partial charge in [0.2, 0.25) is 11.9 Å². The third-order valence-electron chi connectivity index (χ3n) is 6.87. The van der Waals surface area contributed by atoms with E-state index in [0.29, 0.717) is 19.2 Å². The van der Waals surface area contributed by atoms with Crippen LogP contribution in [0.3, 0.4) is 0 Å². The Morgan fingerprint density at radius 3 is 2.61 bits per heavy atom. The first-order valence-electron chi connectivity index (χ1n) is 11.4. The number of anilines is 1. The number of fused-ring (bicyclic) bond motifs is 1. The van der Waals surface area contributed by atoms with E-state index in [0.717, 1.165) is 36.3 Å². The summed E-state index contributed by atoms with van der Waals surface area (Å²) in [4.78, 5) is 34.1. The number of thiophene rings is 1. The first kappa shape index (κ1) is 22.2. The van der Waals surface area contributed by atoms with Crippen molar-refractivity contribution in [3.05, 3.63) is 29.8 Å². The lowest BCUT2D eigenvalue weighted by molar-refractivity contribution is -0.140. The summed E-state index contributed by atoms with van der Waals surface area (Å²) in [7, 11) is 0. The second kappa shape index (κ2) is 9.36. The molecular formula is C23H28N4O5S. The Bertz CT molecular complexity index is 994. The first-order chi connectivity index (χ1) is 16.0. The lowest BCUT2D eigenvalue weighted by atomic mass is 9.79. The molecule has 2 aliphatic heterocycles. The van der Waals surface area contributed by atoms with E-state index in [4.69, 9.17) is 9.47 Å². The Labute approximate surface area is 195 Å². The van der Waals surface area contributed by atoms with Crippen molar-refractivity contribution >= 4 is 29.2 Å². The summed E-state index contributed by atoms with van der Waals surface area (Å²) in [6.45, 7) is 0.790. The molecule has 1 amide bonds. The van der Waals surface area contributed by atoms with E-state index in [9.17, 15) is 14.7 Å². The Hall–Kier alpha value is -2.56. The number of nitrogens with one attached hydrogen (secondary N) is 2. The molecule has 10 heteroatoms. The van der Waals surface area contributed by atoms with Crippen LogP contribution in [-0.4, -0.2) is 64.5 Å². The maximum absolute atomic E-state index is 12.8. The maximum atomic E-state index is 12.8. The van der Waals surface area contributed by atoms with Crippen molar-refractivity contribution in [1.82, 2.24) is 15.3 Å². The molecule has 0 unspecified atom stereocenters. The highest BCUT2D eigenvalue weighted by Gasteiger charge is 2.49. The van der Waals surface area contributed by atoms with Gasteiger partial charge in [0.25, 0.3) is 0 Å². The predicted octanol–water partition coefficient (Wildman–Crippen LogP) is 2.69. The molecule has 1 saturated carbocycles. The largest absolute Gasteiger partial charge is 0.481 e. The van der Waals surface area contributed by atoms with Gasteiger partial charge < -0.3 is 25.2 Å². The van der Waals surface area contributed by atoms with Gasteiger partial charge in [0.05, 0.1) is 42.3 Å². The zero-order valence-corrected chi connectivity index (χ0v) is 19.1. The number of rotatable bonds is 8. The lowest BCUT2D eigenvalue weighted by Crippen LogP contribution is -2.46. The fraction of sp³-hybridized carbons (Fsp3) is 0.565. The number of aliphatic carboxylic acids is 1. The van der Waals surface area contributed by atoms with Crippen molar-refractivity contribution in [2.45, 2.75) is 62.8 Å². The van der Waals surface area contributed by atoms with Gasteiger partial charge in [0, 0.05) is 12.6 Å². The Balaban J connectivity index is 1.18. The normalized spacial score (nSPS) is 27.9. The number of carboxylic acids is 1. The molecule has 0 aromatic carbocycles. The monoisotopic (exact) mass is 472 g/mol. The Morgan fingerprint density at radius 2 is 1.88 bits per heavy atom. The smallest absolute Gasteiger partial charge is 0.303 e. The average molecular weight is 473 g/mol. The first-order valence-corrected chi connectivity index (χ1v) is 12.3. The molecule has 2 saturated heterocycles. The van der Waals surface area contributed by atoms with Crippen LogP contribution in [0.5, 0.6) is 0 Å². The molecule has 9 nitrogen and oxygen atoms in total. The standard InChI is InChI=1S/C23H28N4O5S/c28-18(10-23(11-19(29)30)6-1-2-7-23)25-15-12-31-21-16(13-32-20(15)21)27-22-24-8-5-14(26-22)17-4-3-9-33-17/h3-5,8-9,15-16,20-21H,1-2,6-7,10-13H2,(H,25,28)(H,29,30)(H,24,26,27)/t15-,16-,20+,21+/m0/s1. The topological polar surface area (TPSA) is 123 Å². The molecule has 4 atom stereocenters. The van der Waals surface area contributed by atoms with Gasteiger partial charge in [-0.1, -0.05) is 18.9 Å². The summed E-state index contributed by atoms with van der Waals surface area (Å²) in [6, 6.07) is 5.51. The number of aromatic nitrogens is 2. The van der Waals surface area contributed by atoms with E-state index >= 15 is 0 Å². The number of nitrogens with zero attached hydrogens (tertiary/aromatic N) is 2. The highest BCUT2D eigenvalue weighted by Crippen LogP contribution is 2.44. The van der Waals surface area contributed by atoms with E-state index in [1.54, 1.807) is 17.5 Å². The fourth-order valence-electron chi connectivity index (χ4n) is 5.36. The number of carboxylic acid groups (broad SMARTS) is 1. The second-order valence-electron chi connectivity index (χ2n) is 9.22. The van der Waals surface area contributed by atoms with Crippen molar-refractivity contribution in [3.8, 4) is 10.6 Å². The number of hydrogen-bond donors (Lipinski definition) is 3. The molecule has 3 aliphatic rings. The highest BCUT2D eigenvalue weighted by atomic mass is 32.1. The predicted molar refractivity (Wildman–Crippen MR) is 122 cm³/mol. The number of carbonyl (C=O) groups is 2. The molecule has 5 rings (SSSR count). The zero-order valence-electron chi connectivity index (χ0n) is 18.2. The highest BCUT2D eigenvalue weighted by molar-refractivity contribution is 7.13. The number of hydrogen-bond acceptors (Lipinski definition) is 8. The molecule has 0 radical (unpaired) electrons. The third kappa shape index (κ3) is 4.87. The van der Waals surface area contributed by atoms with Gasteiger partial charge in [-0.2, -0.15) is 0 Å². The van der Waals surface area contributed by atoms with Crippen LogP contribution in [0.15, 0.2) is 29.8 Å². The second-order valence-corrected chi connectivity index (χ2v) is 10.2. The molecule has 1 aliphatic carbocycles. The maximum Gasteiger partial charge on any atom is 0.303 e. The molecule has 4 heterocycles. The number of ether oxygens (including phenoxy) is 2. The number of amides is 1. The van der Waals surface area contributed by atoms with Crippen LogP contribution in [-0.2, 0) is 19.1 Å². The fourth-order valence-corrected chi connectivity index (χ4v) is 6.06. The van der Waals surface area contributed by atoms with Gasteiger partial charge in [-0.05, 0) is 35.8 Å². The van der Waals surface area contributed by atoms with Crippen LogP contribution in [0.1, 0.15) is 38.5 Å². The van der Waals surface area contributed by atoms with Crippen LogP contribution in [0, 0.1) is 5.41 Å². The van der Waals surface area contributed by atoms with E-state index < -0.39 is 11.4 Å². The van der Waals surface area contributed by atoms with Crippen LogP contribution in [0.25, 0.3) is 10.6 Å². The SMILES string of the molecule is O=C(O)CC1(CC(=O)N[C@H]2CO[C@H]3[C@@H]2OC[C@@H]3Nc2nccc(-c3cccs3)n2)CCCC1. The van der Waals surface area contributed by atoms with Crippen molar-refractivity contribution in [1.29, 1.82) is 0 Å². The van der Waals surface area contributed by atoms with E-state index in [2.05, 4.69) is 20.6 Å². The minimum Gasteiger partial charge on any atom is -0.481 e. The summed E-state index contributed by atoms with van der Waals surface area (Å²) in [5.41, 5.74) is 0.429. The summed E-state index contributed by atoms with van der Waals surface area (Å²) < 4.78 is 12.0. The van der Waals surface area contributed by atoms with E-state index in [-0.39, 0.29) is 43.0 Å². The quantitative estimate of drug-likeness (QED) is 0.536. The van der Waals surface area contributed by atoms with Crippen molar-refractivity contribution in [3.63, 3.8) is 0 Å². The van der Waals surface area contributed by atoms with E-state index in [1.165, 1.54) is 0 Å². The minimum atomic E-state index is -0.840. The van der Waals surface area contributed by atoms with Gasteiger partial charge >= 0.3 is 5.97 Å². The van der Waals surface area contributed by atoms with Crippen molar-refractivity contribution in [2.24, 2.45) is 5.41 Å². The number of carbonyl (C=O) groups excluding carboxylic acids is 1. The molecular weight excluding hydrogens is 444 g/mol. The van der Waals surface area contributed by atoms with Crippen LogP contribution >= 0.6 is 11.3 Å². The average Bonchev–Trinajstić information content (AvgIpc) is 3.56. The Kier molecular flexibility index (Phi) is 6.31. The van der Waals surface area contributed by atoms with Crippen LogP contribution in [0.2, 0.25) is 0 Å². The van der Waals surface area contributed by atoms with Gasteiger partial charge in [0.15, 0.2) is 0 Å². The summed E-state index contributed by atoms with van der Waals surface area (Å²) in [6.07, 6.45) is 5.05. The lowest BCUT2D eigenvalue weighted by Gasteiger charge is -2.27. The minimum absolute atomic E-state index is 0.0423. The van der Waals surface area contributed by atoms with E-state index in [1.807, 2.05) is 23.6 Å². The zero-order chi connectivity index (χ0) is 22.8.